The third kappa shape index (κ3) is 1.80. The Morgan fingerprint density at radius 3 is 2.79 bits per heavy atom. The van der Waals surface area contributed by atoms with E-state index in [4.69, 9.17) is 0 Å². The molecule has 0 radical (unpaired) electrons. The lowest BCUT2D eigenvalue weighted by atomic mass is 9.93. The maximum Gasteiger partial charge on any atom is 0.0880 e. The number of hydrogen-bond donors (Lipinski definition) is 1. The fraction of sp³-hybridized carbons (Fsp3) is 0.800. The second-order valence-electron chi connectivity index (χ2n) is 4.98. The molecule has 2 heterocycles. The maximum atomic E-state index is 4.22. The molecule has 1 aliphatic heterocycles. The average Bonchev–Trinajstić information content (AvgIpc) is 2.73. The summed E-state index contributed by atoms with van der Waals surface area (Å²) in [5.74, 6) is 0. The maximum absolute atomic E-state index is 4.22. The van der Waals surface area contributed by atoms with Crippen LogP contribution in [0.2, 0.25) is 0 Å². The molecule has 1 unspecified atom stereocenters. The number of rotatable bonds is 1. The summed E-state index contributed by atoms with van der Waals surface area (Å²) in [5.41, 5.74) is 1.17. The summed E-state index contributed by atoms with van der Waals surface area (Å²) in [7, 11) is 0. The third-order valence-electron chi connectivity index (χ3n) is 2.69. The number of nitrogens with one attached hydrogen (secondary N) is 1. The second kappa shape index (κ2) is 3.35. The number of aromatic nitrogens is 3. The van der Waals surface area contributed by atoms with Crippen molar-refractivity contribution in [2.75, 3.05) is 13.1 Å². The molecule has 1 N–H and O–H groups in total. The van der Waals surface area contributed by atoms with E-state index in [1.54, 1.807) is 0 Å². The second-order valence-corrected chi connectivity index (χ2v) is 4.98. The summed E-state index contributed by atoms with van der Waals surface area (Å²) >= 11 is 0. The third-order valence-corrected chi connectivity index (χ3v) is 2.69. The lowest BCUT2D eigenvalue weighted by molar-refractivity contribution is 0.476. The molecule has 0 aromatic carbocycles. The van der Waals surface area contributed by atoms with Crippen LogP contribution in [-0.4, -0.2) is 28.1 Å². The van der Waals surface area contributed by atoms with E-state index in [-0.39, 0.29) is 5.41 Å². The fourth-order valence-electron chi connectivity index (χ4n) is 1.66. The Kier molecular flexibility index (Phi) is 2.31. The lowest BCUT2D eigenvalue weighted by Gasteiger charge is -2.13. The van der Waals surface area contributed by atoms with Crippen LogP contribution in [0.1, 0.15) is 38.9 Å². The SMILES string of the molecule is CC(C)(C)c1cn(C2CCNC2)nn1. The van der Waals surface area contributed by atoms with Gasteiger partial charge in [-0.15, -0.1) is 5.10 Å². The van der Waals surface area contributed by atoms with Gasteiger partial charge in [-0.1, -0.05) is 26.0 Å². The number of nitrogens with zero attached hydrogens (tertiary/aromatic N) is 3. The van der Waals surface area contributed by atoms with Gasteiger partial charge < -0.3 is 5.32 Å². The first-order chi connectivity index (χ1) is 6.57. The van der Waals surface area contributed by atoms with Gasteiger partial charge in [-0.25, -0.2) is 4.68 Å². The zero-order valence-electron chi connectivity index (χ0n) is 9.12. The van der Waals surface area contributed by atoms with Gasteiger partial charge >= 0.3 is 0 Å². The predicted octanol–water partition coefficient (Wildman–Crippen LogP) is 1.11. The van der Waals surface area contributed by atoms with Crippen molar-refractivity contribution in [1.29, 1.82) is 0 Å². The van der Waals surface area contributed by atoms with Crippen LogP contribution in [0.3, 0.4) is 0 Å². The van der Waals surface area contributed by atoms with E-state index in [1.807, 2.05) is 4.68 Å². The van der Waals surface area contributed by atoms with Crippen molar-refractivity contribution in [3.05, 3.63) is 11.9 Å². The summed E-state index contributed by atoms with van der Waals surface area (Å²) in [6, 6.07) is 0.499. The largest absolute Gasteiger partial charge is 0.315 e. The molecule has 4 heteroatoms. The van der Waals surface area contributed by atoms with Crippen LogP contribution in [0.25, 0.3) is 0 Å². The first-order valence-electron chi connectivity index (χ1n) is 5.20. The highest BCUT2D eigenvalue weighted by Crippen LogP contribution is 2.21. The van der Waals surface area contributed by atoms with Crippen molar-refractivity contribution in [3.63, 3.8) is 0 Å². The Morgan fingerprint density at radius 1 is 1.50 bits per heavy atom. The Morgan fingerprint density at radius 2 is 2.29 bits per heavy atom. The minimum Gasteiger partial charge on any atom is -0.315 e. The monoisotopic (exact) mass is 194 g/mol. The highest BCUT2D eigenvalue weighted by atomic mass is 15.4. The molecule has 1 fully saturated rings. The molecule has 0 aliphatic carbocycles. The van der Waals surface area contributed by atoms with Gasteiger partial charge in [0, 0.05) is 18.2 Å². The van der Waals surface area contributed by atoms with Gasteiger partial charge in [0.15, 0.2) is 0 Å². The Labute approximate surface area is 84.7 Å². The van der Waals surface area contributed by atoms with Crippen LogP contribution in [-0.2, 0) is 5.41 Å². The van der Waals surface area contributed by atoms with Crippen LogP contribution in [0.15, 0.2) is 6.20 Å². The van der Waals surface area contributed by atoms with E-state index >= 15 is 0 Å². The van der Waals surface area contributed by atoms with Gasteiger partial charge in [-0.05, 0) is 13.0 Å². The molecule has 0 bridgehead atoms. The van der Waals surface area contributed by atoms with E-state index in [0.717, 1.165) is 25.2 Å². The highest BCUT2D eigenvalue weighted by molar-refractivity contribution is 5.07. The lowest BCUT2D eigenvalue weighted by Crippen LogP contribution is -2.14. The van der Waals surface area contributed by atoms with Gasteiger partial charge in [0.1, 0.15) is 0 Å². The van der Waals surface area contributed by atoms with E-state index in [0.29, 0.717) is 6.04 Å². The number of hydrogen-bond acceptors (Lipinski definition) is 3. The van der Waals surface area contributed by atoms with Crippen LogP contribution in [0, 0.1) is 0 Å². The molecule has 1 aromatic heterocycles. The van der Waals surface area contributed by atoms with Crippen LogP contribution < -0.4 is 5.32 Å². The minimum atomic E-state index is 0.101. The van der Waals surface area contributed by atoms with Crippen LogP contribution in [0.4, 0.5) is 0 Å². The van der Waals surface area contributed by atoms with E-state index in [9.17, 15) is 0 Å². The van der Waals surface area contributed by atoms with Gasteiger partial charge in [0.05, 0.1) is 11.7 Å². The van der Waals surface area contributed by atoms with Gasteiger partial charge in [-0.2, -0.15) is 0 Å². The van der Waals surface area contributed by atoms with Crippen molar-refractivity contribution in [3.8, 4) is 0 Å². The Hall–Kier alpha value is -0.900. The minimum absolute atomic E-state index is 0.101. The molecule has 1 aromatic rings. The topological polar surface area (TPSA) is 42.7 Å². The van der Waals surface area contributed by atoms with Crippen molar-refractivity contribution in [2.24, 2.45) is 0 Å². The fourth-order valence-corrected chi connectivity index (χ4v) is 1.66. The molecule has 1 atom stereocenters. The molecule has 0 saturated carbocycles. The zero-order chi connectivity index (χ0) is 10.2. The predicted molar refractivity (Wildman–Crippen MR) is 55.2 cm³/mol. The molecule has 14 heavy (non-hydrogen) atoms. The molecule has 78 valence electrons. The first kappa shape index (κ1) is 9.65. The summed E-state index contributed by atoms with van der Waals surface area (Å²) < 4.78 is 2.00. The molecule has 2 rings (SSSR count). The summed E-state index contributed by atoms with van der Waals surface area (Å²) in [6.45, 7) is 8.60. The van der Waals surface area contributed by atoms with Crippen molar-refractivity contribution >= 4 is 0 Å². The van der Waals surface area contributed by atoms with Gasteiger partial charge in [0.25, 0.3) is 0 Å². The van der Waals surface area contributed by atoms with Gasteiger partial charge in [-0.3, -0.25) is 0 Å². The molecule has 1 saturated heterocycles. The summed E-state index contributed by atoms with van der Waals surface area (Å²) in [4.78, 5) is 0. The van der Waals surface area contributed by atoms with E-state index in [1.165, 1.54) is 0 Å². The molecule has 0 spiro atoms. The van der Waals surface area contributed by atoms with Crippen LogP contribution >= 0.6 is 0 Å². The van der Waals surface area contributed by atoms with Crippen molar-refractivity contribution < 1.29 is 0 Å². The van der Waals surface area contributed by atoms with E-state index in [2.05, 4.69) is 42.6 Å². The highest BCUT2D eigenvalue weighted by Gasteiger charge is 2.22. The Balaban J connectivity index is 2.17. The quantitative estimate of drug-likeness (QED) is 0.728. The average molecular weight is 194 g/mol. The molecule has 1 aliphatic rings. The van der Waals surface area contributed by atoms with Crippen LogP contribution in [0.5, 0.6) is 0 Å². The Bertz CT molecular complexity index is 304. The van der Waals surface area contributed by atoms with Gasteiger partial charge in [0.2, 0.25) is 0 Å². The van der Waals surface area contributed by atoms with Crippen molar-refractivity contribution in [2.45, 2.75) is 38.6 Å². The molecular weight excluding hydrogens is 176 g/mol. The molecular formula is C10H18N4. The van der Waals surface area contributed by atoms with Crippen molar-refractivity contribution in [1.82, 2.24) is 20.3 Å². The van der Waals surface area contributed by atoms with E-state index < -0.39 is 0 Å². The molecule has 4 nitrogen and oxygen atoms in total. The molecule has 0 amide bonds. The summed E-state index contributed by atoms with van der Waals surface area (Å²) in [6.07, 6.45) is 3.24. The first-order valence-corrected chi connectivity index (χ1v) is 5.20. The smallest absolute Gasteiger partial charge is 0.0880 e. The zero-order valence-corrected chi connectivity index (χ0v) is 9.12. The standard InChI is InChI=1S/C10H18N4/c1-10(2,3)9-7-14(13-12-9)8-4-5-11-6-8/h7-8,11H,4-6H2,1-3H3. The summed E-state index contributed by atoms with van der Waals surface area (Å²) in [5, 5.41) is 11.7. The normalized spacial score (nSPS) is 22.9.